The van der Waals surface area contributed by atoms with Crippen LogP contribution in [-0.4, -0.2) is 105 Å². The van der Waals surface area contributed by atoms with Crippen LogP contribution in [0, 0.1) is 11.8 Å². The van der Waals surface area contributed by atoms with E-state index in [1.165, 1.54) is 40.2 Å². The average molecular weight is 787 g/mol. The zero-order valence-electron chi connectivity index (χ0n) is 33.8. The van der Waals surface area contributed by atoms with Gasteiger partial charge in [-0.25, -0.2) is 4.79 Å². The molecule has 0 saturated carbocycles. The Morgan fingerprint density at radius 1 is 1.04 bits per heavy atom. The Kier molecular flexibility index (Phi) is 20.4. The van der Waals surface area contributed by atoms with Crippen molar-refractivity contribution in [2.45, 2.75) is 110 Å². The van der Waals surface area contributed by atoms with Crippen molar-refractivity contribution in [3.63, 3.8) is 0 Å². The molecule has 1 heterocycles. The molecule has 56 heavy (non-hydrogen) atoms. The Balaban J connectivity index is 2.35. The normalized spacial score (nSPS) is 27.1. The number of rotatable bonds is 15. The Bertz CT molecular complexity index is 1570. The minimum absolute atomic E-state index is 0.114. The molecule has 2 rings (SSSR count). The number of amides is 4. The van der Waals surface area contributed by atoms with Gasteiger partial charge in [-0.1, -0.05) is 38.2 Å². The second kappa shape index (κ2) is 24.1. The number of ketones is 2. The molecule has 0 aromatic carbocycles. The van der Waals surface area contributed by atoms with Crippen LogP contribution in [0.5, 0.6) is 0 Å². The van der Waals surface area contributed by atoms with Gasteiger partial charge in [0.05, 0.1) is 23.6 Å². The maximum absolute atomic E-state index is 14.0. The first kappa shape index (κ1) is 47.5. The zero-order valence-corrected chi connectivity index (χ0v) is 33.8. The van der Waals surface area contributed by atoms with Crippen molar-refractivity contribution in [3.05, 3.63) is 58.5 Å². The van der Waals surface area contributed by atoms with Crippen LogP contribution in [0.25, 0.3) is 0 Å². The maximum atomic E-state index is 14.0. The number of hydrogen-bond donors (Lipinski definition) is 7. The number of aliphatic hydroxyl groups is 1. The van der Waals surface area contributed by atoms with E-state index in [1.54, 1.807) is 26.0 Å². The molecule has 0 saturated heterocycles. The van der Waals surface area contributed by atoms with Crippen molar-refractivity contribution < 1.29 is 48.1 Å². The van der Waals surface area contributed by atoms with Crippen LogP contribution < -0.4 is 32.7 Å². The van der Waals surface area contributed by atoms with Gasteiger partial charge in [-0.3, -0.25) is 24.0 Å². The minimum Gasteiger partial charge on any atom is -0.439 e. The van der Waals surface area contributed by atoms with Crippen molar-refractivity contribution in [1.29, 1.82) is 0 Å². The number of unbranched alkanes of at least 4 members (excludes halogenated alkanes) is 2. The van der Waals surface area contributed by atoms with Crippen LogP contribution in [-0.2, 0) is 38.2 Å². The van der Waals surface area contributed by atoms with Crippen molar-refractivity contribution in [2.75, 3.05) is 33.9 Å². The minimum atomic E-state index is -1.02. The van der Waals surface area contributed by atoms with E-state index in [-0.39, 0.29) is 46.7 Å². The fraction of sp³-hybridized carbons (Fsp3) is 0.600. The third-order valence-corrected chi connectivity index (χ3v) is 9.64. The average Bonchev–Trinajstić information content (AvgIpc) is 3.14. The molecule has 0 fully saturated rings. The zero-order chi connectivity index (χ0) is 41.9. The van der Waals surface area contributed by atoms with Gasteiger partial charge in [0.15, 0.2) is 6.10 Å². The number of methoxy groups -OCH3 is 2. The second-order valence-electron chi connectivity index (χ2n) is 14.4. The number of nitrogens with two attached hydrogens (primary N) is 2. The summed E-state index contributed by atoms with van der Waals surface area (Å²) in [4.78, 5) is 76.9. The van der Waals surface area contributed by atoms with E-state index in [1.807, 2.05) is 6.92 Å². The van der Waals surface area contributed by atoms with E-state index in [9.17, 15) is 33.9 Å². The molecule has 7 atom stereocenters. The maximum Gasteiger partial charge on any atom is 0.405 e. The summed E-state index contributed by atoms with van der Waals surface area (Å²) >= 11 is 0. The lowest BCUT2D eigenvalue weighted by molar-refractivity contribution is -0.128. The summed E-state index contributed by atoms with van der Waals surface area (Å²) in [5.41, 5.74) is 11.8. The number of allylic oxidation sites excluding steroid dienone is 4. The fourth-order valence-electron chi connectivity index (χ4n) is 6.58. The fourth-order valence-corrected chi connectivity index (χ4v) is 6.58. The van der Waals surface area contributed by atoms with Crippen molar-refractivity contribution in [2.24, 2.45) is 23.3 Å². The van der Waals surface area contributed by atoms with Gasteiger partial charge >= 0.3 is 6.09 Å². The van der Waals surface area contributed by atoms with Crippen LogP contribution >= 0.6 is 0 Å². The van der Waals surface area contributed by atoms with Gasteiger partial charge in [-0.2, -0.15) is 0 Å². The molecular formula is C40H62N6O10. The smallest absolute Gasteiger partial charge is 0.405 e. The SMILES string of the molecule is CO[C@H]1/C=C\C=C(/C)C(=O)NC2=CC(=O)C(NCCCCNC(=O)[C@H](CCCCN)NC(C)=O)=C(C[C@@H](C)C[C@H](OC)[C@H](O)[C@@H](C)/C=C(\C)[C@@H]1OC(N)=O)C2=O. The van der Waals surface area contributed by atoms with E-state index in [0.29, 0.717) is 57.3 Å². The molecule has 16 heteroatoms. The van der Waals surface area contributed by atoms with Gasteiger partial charge in [-0.15, -0.1) is 0 Å². The van der Waals surface area contributed by atoms with Crippen molar-refractivity contribution >= 4 is 35.4 Å². The highest BCUT2D eigenvalue weighted by Gasteiger charge is 2.33. The summed E-state index contributed by atoms with van der Waals surface area (Å²) in [7, 11) is 2.89. The summed E-state index contributed by atoms with van der Waals surface area (Å²) in [6.45, 7) is 9.41. The number of Topliss-reactive ketones (excluding diaryl/α,β-unsaturated/α-hetero) is 1. The summed E-state index contributed by atoms with van der Waals surface area (Å²) in [5, 5.41) is 22.6. The number of hydrogen-bond acceptors (Lipinski definition) is 12. The summed E-state index contributed by atoms with van der Waals surface area (Å²) in [6.07, 6.45) is 6.38. The highest BCUT2D eigenvalue weighted by molar-refractivity contribution is 6.23. The molecule has 0 aromatic heterocycles. The molecule has 1 aliphatic carbocycles. The molecule has 0 aromatic rings. The Morgan fingerprint density at radius 2 is 1.73 bits per heavy atom. The number of carbonyl (C=O) groups is 6. The molecular weight excluding hydrogens is 724 g/mol. The quantitative estimate of drug-likeness (QED) is 0.0714. The molecule has 9 N–H and O–H groups in total. The molecule has 0 unspecified atom stereocenters. The molecule has 0 spiro atoms. The summed E-state index contributed by atoms with van der Waals surface area (Å²) in [6, 6.07) is -0.655. The van der Waals surface area contributed by atoms with Gasteiger partial charge in [0.1, 0.15) is 12.1 Å². The summed E-state index contributed by atoms with van der Waals surface area (Å²) in [5.74, 6) is -2.97. The van der Waals surface area contributed by atoms with Gasteiger partial charge in [0, 0.05) is 57.4 Å². The van der Waals surface area contributed by atoms with Crippen LogP contribution in [0.1, 0.15) is 79.6 Å². The lowest BCUT2D eigenvalue weighted by atomic mass is 9.85. The third kappa shape index (κ3) is 15.1. The molecule has 2 bridgehead atoms. The predicted molar refractivity (Wildman–Crippen MR) is 210 cm³/mol. The monoisotopic (exact) mass is 786 g/mol. The van der Waals surface area contributed by atoms with E-state index < -0.39 is 59.9 Å². The molecule has 4 amide bonds. The molecule has 0 radical (unpaired) electrons. The van der Waals surface area contributed by atoms with Gasteiger partial charge < -0.3 is 52.1 Å². The largest absolute Gasteiger partial charge is 0.439 e. The Morgan fingerprint density at radius 3 is 2.36 bits per heavy atom. The van der Waals surface area contributed by atoms with Gasteiger partial charge in [-0.05, 0) is 76.8 Å². The lowest BCUT2D eigenvalue weighted by Crippen LogP contribution is -2.46. The molecule has 2 aliphatic rings. The third-order valence-electron chi connectivity index (χ3n) is 9.64. The first-order valence-corrected chi connectivity index (χ1v) is 19.1. The standard InChI is InChI=1S/C40H62N6O10/c1-23-19-28-34(43-17-10-11-18-44-39(52)29(45-27(5)47)14-8-9-16-41)31(48)22-30(36(28)50)46-38(51)24(2)13-12-15-32(54-6)37(56-40(42)53)26(4)21-25(3)35(49)33(20-23)55-7/h12-13,15,21-23,25,29,32-33,35,37,43,49H,8-11,14,16-20,41H2,1-7H3,(H2,42,53)(H,44,52)(H,45,47)(H,46,51)/b15-12-,24-13+,26-21+/t23-,25+,29+,32+,33+,35-,37+/m1/s1. The van der Waals surface area contributed by atoms with Gasteiger partial charge in [0.25, 0.3) is 5.91 Å². The predicted octanol–water partition coefficient (Wildman–Crippen LogP) is 1.88. The van der Waals surface area contributed by atoms with Gasteiger partial charge in [0.2, 0.25) is 23.4 Å². The number of nitrogens with one attached hydrogen (secondary N) is 4. The number of aliphatic hydroxyl groups excluding tert-OH is 1. The van der Waals surface area contributed by atoms with E-state index in [2.05, 4.69) is 21.3 Å². The van der Waals surface area contributed by atoms with Crippen molar-refractivity contribution in [1.82, 2.24) is 21.3 Å². The van der Waals surface area contributed by atoms with Crippen LogP contribution in [0.3, 0.4) is 0 Å². The van der Waals surface area contributed by atoms with E-state index in [4.69, 9.17) is 25.7 Å². The molecule has 312 valence electrons. The lowest BCUT2D eigenvalue weighted by Gasteiger charge is -2.30. The second-order valence-corrected chi connectivity index (χ2v) is 14.4. The highest BCUT2D eigenvalue weighted by atomic mass is 16.6. The Labute approximate surface area is 329 Å². The number of carbonyl (C=O) groups excluding carboxylic acids is 6. The number of fused-ring (bicyclic) bond motifs is 2. The number of ether oxygens (including phenoxy) is 3. The first-order valence-electron chi connectivity index (χ1n) is 19.1. The topological polar surface area (TPSA) is 250 Å². The number of primary amides is 1. The van der Waals surface area contributed by atoms with Crippen LogP contribution in [0.15, 0.2) is 58.5 Å². The molecule has 1 aliphatic heterocycles. The summed E-state index contributed by atoms with van der Waals surface area (Å²) < 4.78 is 16.7. The molecule has 16 nitrogen and oxygen atoms in total. The van der Waals surface area contributed by atoms with E-state index in [0.717, 1.165) is 12.5 Å². The first-order chi connectivity index (χ1) is 26.5. The van der Waals surface area contributed by atoms with Crippen LogP contribution in [0.4, 0.5) is 4.79 Å². The Hall–Kier alpha value is -4.64. The van der Waals surface area contributed by atoms with E-state index >= 15 is 0 Å². The van der Waals surface area contributed by atoms with Crippen molar-refractivity contribution in [3.8, 4) is 0 Å². The van der Waals surface area contributed by atoms with Crippen LogP contribution in [0.2, 0.25) is 0 Å². The highest BCUT2D eigenvalue weighted by Crippen LogP contribution is 2.29.